The van der Waals surface area contributed by atoms with Crippen molar-refractivity contribution in [2.24, 2.45) is 0 Å². The van der Waals surface area contributed by atoms with Gasteiger partial charge in [-0.05, 0) is 50.2 Å². The highest BCUT2D eigenvalue weighted by Crippen LogP contribution is 2.21. The van der Waals surface area contributed by atoms with Crippen molar-refractivity contribution in [3.05, 3.63) is 58.7 Å². The Labute approximate surface area is 187 Å². The molecule has 0 aliphatic heterocycles. The van der Waals surface area contributed by atoms with Crippen molar-refractivity contribution in [2.45, 2.75) is 13.8 Å². The predicted molar refractivity (Wildman–Crippen MR) is 115 cm³/mol. The topological polar surface area (TPSA) is 176 Å². The molecule has 0 aliphatic carbocycles. The van der Waals surface area contributed by atoms with E-state index in [1.165, 1.54) is 24.3 Å². The fourth-order valence-corrected chi connectivity index (χ4v) is 2.82. The molecule has 0 fully saturated rings. The van der Waals surface area contributed by atoms with Crippen LogP contribution in [0.25, 0.3) is 0 Å². The van der Waals surface area contributed by atoms with Gasteiger partial charge in [-0.15, -0.1) is 0 Å². The molecule has 0 saturated carbocycles. The molecule has 0 bridgehead atoms. The van der Waals surface area contributed by atoms with Crippen LogP contribution in [-0.4, -0.2) is 58.7 Å². The molecule has 0 heterocycles. The van der Waals surface area contributed by atoms with Gasteiger partial charge in [-0.2, -0.15) is 0 Å². The summed E-state index contributed by atoms with van der Waals surface area (Å²) in [4.78, 5) is 72.1. The number of ketones is 2. The molecule has 172 valence electrons. The third kappa shape index (κ3) is 5.79. The molecule has 0 amide bonds. The van der Waals surface area contributed by atoms with E-state index in [1.807, 2.05) is 0 Å². The number of carboxylic acids is 2. The molecule has 0 radical (unpaired) electrons. The number of aromatic carboxylic acids is 2. The Morgan fingerprint density at radius 2 is 1.06 bits per heavy atom. The molecule has 0 aliphatic rings. The van der Waals surface area contributed by atoms with E-state index in [1.54, 1.807) is 13.8 Å². The van der Waals surface area contributed by atoms with E-state index in [0.717, 1.165) is 12.1 Å². The smallest absolute Gasteiger partial charge is 0.387 e. The third-order valence-electron chi connectivity index (χ3n) is 4.31. The van der Waals surface area contributed by atoms with Gasteiger partial charge in [-0.25, -0.2) is 19.2 Å². The molecule has 2 aromatic carbocycles. The number of rotatable bonds is 10. The Hall–Kier alpha value is -4.54. The first-order valence-corrected chi connectivity index (χ1v) is 9.68. The SMILES string of the molecule is CCNc1ccc(C(=O)O)cc1C(=O)C(=O)OC(=O)C(=O)c1cc(C(=O)O)ccc1NCC. The number of carboxylic acid groups (broad SMARTS) is 2. The first-order valence-electron chi connectivity index (χ1n) is 9.68. The van der Waals surface area contributed by atoms with E-state index in [2.05, 4.69) is 15.4 Å². The second-order valence-electron chi connectivity index (χ2n) is 6.53. The molecule has 11 heteroatoms. The molecule has 2 aromatic rings. The van der Waals surface area contributed by atoms with Crippen LogP contribution < -0.4 is 10.6 Å². The molecule has 2 rings (SSSR count). The van der Waals surface area contributed by atoms with Crippen molar-refractivity contribution in [1.82, 2.24) is 0 Å². The van der Waals surface area contributed by atoms with E-state index in [9.17, 15) is 28.8 Å². The number of benzene rings is 2. The molecule has 11 nitrogen and oxygen atoms in total. The average molecular weight is 456 g/mol. The Morgan fingerprint density at radius 3 is 1.36 bits per heavy atom. The normalized spacial score (nSPS) is 10.1. The lowest BCUT2D eigenvalue weighted by Crippen LogP contribution is -2.28. The van der Waals surface area contributed by atoms with Gasteiger partial charge < -0.3 is 25.6 Å². The van der Waals surface area contributed by atoms with Gasteiger partial charge in [0.25, 0.3) is 11.6 Å². The van der Waals surface area contributed by atoms with Crippen LogP contribution in [0.3, 0.4) is 0 Å². The van der Waals surface area contributed by atoms with Crippen molar-refractivity contribution in [2.75, 3.05) is 23.7 Å². The van der Waals surface area contributed by atoms with Crippen molar-refractivity contribution in [3.63, 3.8) is 0 Å². The fourth-order valence-electron chi connectivity index (χ4n) is 2.82. The predicted octanol–water partition coefficient (Wildman–Crippen LogP) is 2.08. The third-order valence-corrected chi connectivity index (χ3v) is 4.31. The number of ether oxygens (including phenoxy) is 1. The highest BCUT2D eigenvalue weighted by Gasteiger charge is 2.30. The zero-order chi connectivity index (χ0) is 24.7. The van der Waals surface area contributed by atoms with Gasteiger partial charge in [-0.3, -0.25) is 9.59 Å². The lowest BCUT2D eigenvalue weighted by atomic mass is 10.0. The van der Waals surface area contributed by atoms with Gasteiger partial charge in [0.15, 0.2) is 0 Å². The number of anilines is 2. The summed E-state index contributed by atoms with van der Waals surface area (Å²) in [7, 11) is 0. The molecule has 0 atom stereocenters. The summed E-state index contributed by atoms with van der Waals surface area (Å²) < 4.78 is 4.42. The largest absolute Gasteiger partial charge is 0.478 e. The Kier molecular flexibility index (Phi) is 7.99. The van der Waals surface area contributed by atoms with Gasteiger partial charge in [0.05, 0.1) is 22.3 Å². The first kappa shape index (κ1) is 24.7. The van der Waals surface area contributed by atoms with Gasteiger partial charge in [-0.1, -0.05) is 0 Å². The number of hydrogen-bond acceptors (Lipinski definition) is 9. The highest BCUT2D eigenvalue weighted by molar-refractivity contribution is 6.49. The Balaban J connectivity index is 2.32. The van der Waals surface area contributed by atoms with Gasteiger partial charge in [0.1, 0.15) is 0 Å². The Bertz CT molecular complexity index is 1070. The summed E-state index contributed by atoms with van der Waals surface area (Å²) in [6, 6.07) is 6.87. The lowest BCUT2D eigenvalue weighted by molar-refractivity contribution is -0.152. The quantitative estimate of drug-likeness (QED) is 0.178. The maximum absolute atomic E-state index is 12.6. The van der Waals surface area contributed by atoms with Crippen LogP contribution in [0.2, 0.25) is 0 Å². The van der Waals surface area contributed by atoms with Crippen molar-refractivity contribution in [3.8, 4) is 0 Å². The zero-order valence-corrected chi connectivity index (χ0v) is 17.6. The number of esters is 2. The van der Waals surface area contributed by atoms with Crippen LogP contribution in [0, 0.1) is 0 Å². The summed E-state index contributed by atoms with van der Waals surface area (Å²) in [5.41, 5.74) is -1.02. The van der Waals surface area contributed by atoms with Crippen LogP contribution in [0.15, 0.2) is 36.4 Å². The summed E-state index contributed by atoms with van der Waals surface area (Å²) in [5.74, 6) is -8.78. The van der Waals surface area contributed by atoms with E-state index in [4.69, 9.17) is 10.2 Å². The second-order valence-corrected chi connectivity index (χ2v) is 6.53. The zero-order valence-electron chi connectivity index (χ0n) is 17.6. The van der Waals surface area contributed by atoms with Crippen LogP contribution in [0.5, 0.6) is 0 Å². The maximum Gasteiger partial charge on any atom is 0.387 e. The molecular formula is C22H20N2O9. The van der Waals surface area contributed by atoms with Gasteiger partial charge in [0, 0.05) is 24.5 Å². The molecule has 0 spiro atoms. The standard InChI is InChI=1S/C22H20N2O9/c1-3-23-15-7-5-11(19(27)28)9-13(15)17(25)21(31)33-22(32)18(26)14-10-12(20(29)30)6-8-16(14)24-4-2/h5-10,23-24H,3-4H2,1-2H3,(H,27,28)(H,29,30). The molecule has 4 N–H and O–H groups in total. The van der Waals surface area contributed by atoms with Gasteiger partial charge in [0.2, 0.25) is 0 Å². The highest BCUT2D eigenvalue weighted by atomic mass is 16.6. The van der Waals surface area contributed by atoms with Crippen LogP contribution in [0.4, 0.5) is 11.4 Å². The molecule has 0 saturated heterocycles. The number of carbonyl (C=O) groups is 6. The van der Waals surface area contributed by atoms with Crippen LogP contribution in [0.1, 0.15) is 55.3 Å². The van der Waals surface area contributed by atoms with Crippen molar-refractivity contribution in [1.29, 1.82) is 0 Å². The summed E-state index contributed by atoms with van der Waals surface area (Å²) >= 11 is 0. The minimum absolute atomic E-state index is 0.131. The fraction of sp³-hybridized carbons (Fsp3) is 0.182. The van der Waals surface area contributed by atoms with E-state index >= 15 is 0 Å². The minimum atomic E-state index is -1.70. The van der Waals surface area contributed by atoms with E-state index in [0.29, 0.717) is 13.1 Å². The molecular weight excluding hydrogens is 436 g/mol. The summed E-state index contributed by atoms with van der Waals surface area (Å²) in [5, 5.41) is 23.8. The minimum Gasteiger partial charge on any atom is -0.478 e. The molecule has 0 aromatic heterocycles. The van der Waals surface area contributed by atoms with Crippen LogP contribution >= 0.6 is 0 Å². The van der Waals surface area contributed by atoms with E-state index < -0.39 is 35.4 Å². The molecule has 33 heavy (non-hydrogen) atoms. The lowest BCUT2D eigenvalue weighted by Gasteiger charge is -2.11. The van der Waals surface area contributed by atoms with Crippen molar-refractivity contribution >= 4 is 46.8 Å². The summed E-state index contributed by atoms with van der Waals surface area (Å²) in [6.45, 7) is 4.08. The first-order chi connectivity index (χ1) is 15.6. The maximum atomic E-state index is 12.6. The Morgan fingerprint density at radius 1 is 0.697 bits per heavy atom. The number of nitrogens with one attached hydrogen (secondary N) is 2. The summed E-state index contributed by atoms with van der Waals surface area (Å²) in [6.07, 6.45) is 0. The number of Topliss-reactive ketones (excluding diaryl/α,β-unsaturated/α-hetero) is 2. The van der Waals surface area contributed by atoms with Gasteiger partial charge >= 0.3 is 23.9 Å². The monoisotopic (exact) mass is 456 g/mol. The number of carbonyl (C=O) groups excluding carboxylic acids is 4. The molecule has 0 unspecified atom stereocenters. The average Bonchev–Trinajstić information content (AvgIpc) is 2.78. The van der Waals surface area contributed by atoms with E-state index in [-0.39, 0.29) is 33.6 Å². The second kappa shape index (κ2) is 10.7. The number of hydrogen-bond donors (Lipinski definition) is 4. The van der Waals surface area contributed by atoms with Crippen molar-refractivity contribution < 1.29 is 43.7 Å². The van der Waals surface area contributed by atoms with Crippen LogP contribution in [-0.2, 0) is 14.3 Å².